The van der Waals surface area contributed by atoms with Gasteiger partial charge in [-0.15, -0.1) is 12.4 Å². The van der Waals surface area contributed by atoms with E-state index >= 15 is 0 Å². The second-order valence-corrected chi connectivity index (χ2v) is 6.71. The first-order valence-corrected chi connectivity index (χ1v) is 8.99. The van der Waals surface area contributed by atoms with Crippen LogP contribution in [0.5, 0.6) is 5.75 Å². The second-order valence-electron chi connectivity index (χ2n) is 5.74. The minimum absolute atomic E-state index is 0. The minimum Gasteiger partial charge on any atom is -0.497 e. The topological polar surface area (TPSA) is 61.8 Å². The number of halogens is 1. The number of aromatic amines is 1. The van der Waals surface area contributed by atoms with Crippen molar-refractivity contribution in [3.05, 3.63) is 59.8 Å². The number of ether oxygens (including phenoxy) is 1. The quantitative estimate of drug-likeness (QED) is 0.689. The van der Waals surface area contributed by atoms with Crippen LogP contribution in [0.25, 0.3) is 10.9 Å². The maximum absolute atomic E-state index is 5.17. The van der Waals surface area contributed by atoms with Crippen molar-refractivity contribution < 1.29 is 4.74 Å². The van der Waals surface area contributed by atoms with Gasteiger partial charge in [0.1, 0.15) is 5.75 Å². The molecule has 0 bridgehead atoms. The third kappa shape index (κ3) is 3.57. The van der Waals surface area contributed by atoms with Crippen molar-refractivity contribution in [2.75, 3.05) is 12.9 Å². The predicted octanol–water partition coefficient (Wildman–Crippen LogP) is 4.63. The molecule has 7 heteroatoms. The van der Waals surface area contributed by atoms with Crippen LogP contribution in [0, 0.1) is 6.92 Å². The average molecular weight is 387 g/mol. The number of aromatic nitrogens is 1. The minimum atomic E-state index is 0. The van der Waals surface area contributed by atoms with Crippen LogP contribution in [0.4, 0.5) is 5.69 Å². The summed E-state index contributed by atoms with van der Waals surface area (Å²) in [6, 6.07) is 16.0. The van der Waals surface area contributed by atoms with Crippen LogP contribution >= 0.6 is 24.2 Å². The molecule has 0 atom stereocenters. The largest absolute Gasteiger partial charge is 0.497 e. The third-order valence-electron chi connectivity index (χ3n) is 4.12. The van der Waals surface area contributed by atoms with Gasteiger partial charge in [0.05, 0.1) is 18.5 Å². The number of para-hydroxylation sites is 1. The third-order valence-corrected chi connectivity index (χ3v) is 4.99. The van der Waals surface area contributed by atoms with E-state index in [9.17, 15) is 0 Å². The summed E-state index contributed by atoms with van der Waals surface area (Å²) in [5.74, 6) is 1.60. The normalized spacial score (nSPS) is 15.3. The number of H-pyrrole nitrogens is 1. The Hall–Kier alpha value is -2.44. The highest BCUT2D eigenvalue weighted by Crippen LogP contribution is 2.26. The highest BCUT2D eigenvalue weighted by molar-refractivity contribution is 8.14. The van der Waals surface area contributed by atoms with Crippen molar-refractivity contribution in [2.24, 2.45) is 10.1 Å². The molecule has 3 aromatic rings. The number of hydrogen-bond acceptors (Lipinski definition) is 4. The van der Waals surface area contributed by atoms with Gasteiger partial charge in [0.25, 0.3) is 0 Å². The molecule has 2 aromatic carbocycles. The zero-order valence-corrected chi connectivity index (χ0v) is 16.1. The maximum Gasteiger partial charge on any atom is 0.182 e. The summed E-state index contributed by atoms with van der Waals surface area (Å²) in [5, 5.41) is 6.57. The first-order valence-electron chi connectivity index (χ1n) is 8.00. The Morgan fingerprint density at radius 2 is 1.88 bits per heavy atom. The molecule has 0 saturated heterocycles. The summed E-state index contributed by atoms with van der Waals surface area (Å²) >= 11 is 1.65. The highest BCUT2D eigenvalue weighted by Gasteiger charge is 2.18. The summed E-state index contributed by atoms with van der Waals surface area (Å²) in [6.45, 7) is 2.09. The van der Waals surface area contributed by atoms with Crippen LogP contribution < -0.4 is 10.2 Å². The van der Waals surface area contributed by atoms with E-state index in [1.54, 1.807) is 18.9 Å². The summed E-state index contributed by atoms with van der Waals surface area (Å²) in [7, 11) is 1.66. The van der Waals surface area contributed by atoms with E-state index in [1.807, 2.05) is 30.3 Å². The fourth-order valence-electron chi connectivity index (χ4n) is 2.92. The first kappa shape index (κ1) is 18.4. The van der Waals surface area contributed by atoms with E-state index in [4.69, 9.17) is 4.74 Å². The van der Waals surface area contributed by atoms with E-state index in [0.29, 0.717) is 0 Å². The van der Waals surface area contributed by atoms with E-state index in [0.717, 1.165) is 39.3 Å². The first-order chi connectivity index (χ1) is 12.2. The number of nitrogens with one attached hydrogen (secondary N) is 2. The molecule has 134 valence electrons. The summed E-state index contributed by atoms with van der Waals surface area (Å²) in [6.07, 6.45) is 0. The standard InChI is InChI=1S/C19H18N4OS.ClH/c1-12-18(15-5-3-4-6-16(15)20-12)17-11-25-19(23-22-17)21-13-7-9-14(24-2)10-8-13;/h3-10,20H,11H2,1-2H3,(H,21,23);1H. The van der Waals surface area contributed by atoms with Crippen LogP contribution in [-0.4, -0.2) is 28.7 Å². The number of aliphatic imine (C=N–C) groups is 1. The van der Waals surface area contributed by atoms with Gasteiger partial charge in [-0.05, 0) is 37.3 Å². The van der Waals surface area contributed by atoms with Crippen LogP contribution in [0.2, 0.25) is 0 Å². The van der Waals surface area contributed by atoms with Crippen LogP contribution in [0.1, 0.15) is 11.3 Å². The molecule has 0 unspecified atom stereocenters. The van der Waals surface area contributed by atoms with Crippen molar-refractivity contribution >= 4 is 51.6 Å². The van der Waals surface area contributed by atoms with Crippen molar-refractivity contribution in [2.45, 2.75) is 6.92 Å². The lowest BCUT2D eigenvalue weighted by molar-refractivity contribution is 0.415. The van der Waals surface area contributed by atoms with Gasteiger partial charge in [0.2, 0.25) is 0 Å². The number of hydrogen-bond donors (Lipinski definition) is 2. The zero-order valence-electron chi connectivity index (χ0n) is 14.4. The Morgan fingerprint density at radius 3 is 2.58 bits per heavy atom. The molecule has 0 amide bonds. The van der Waals surface area contributed by atoms with Gasteiger partial charge in [-0.1, -0.05) is 30.0 Å². The Labute approximate surface area is 162 Å². The number of fused-ring (bicyclic) bond motifs is 1. The number of aryl methyl sites for hydroxylation is 1. The lowest BCUT2D eigenvalue weighted by Gasteiger charge is -2.15. The Morgan fingerprint density at radius 1 is 1.12 bits per heavy atom. The van der Waals surface area contributed by atoms with Gasteiger partial charge in [0.15, 0.2) is 5.17 Å². The van der Waals surface area contributed by atoms with Gasteiger partial charge < -0.3 is 9.72 Å². The van der Waals surface area contributed by atoms with Crippen LogP contribution in [-0.2, 0) is 0 Å². The maximum atomic E-state index is 5.17. The molecular formula is C19H19ClN4OS. The van der Waals surface area contributed by atoms with Crippen molar-refractivity contribution in [1.29, 1.82) is 0 Å². The molecule has 0 aliphatic carbocycles. The molecular weight excluding hydrogens is 368 g/mol. The molecule has 0 saturated carbocycles. The summed E-state index contributed by atoms with van der Waals surface area (Å²) in [4.78, 5) is 8.02. The zero-order chi connectivity index (χ0) is 17.2. The number of methoxy groups -OCH3 is 1. The van der Waals surface area contributed by atoms with Crippen molar-refractivity contribution in [3.8, 4) is 5.75 Å². The molecule has 26 heavy (non-hydrogen) atoms. The fraction of sp³-hybridized carbons (Fsp3) is 0.158. The number of rotatable bonds is 3. The predicted molar refractivity (Wildman–Crippen MR) is 113 cm³/mol. The monoisotopic (exact) mass is 386 g/mol. The Bertz CT molecular complexity index is 979. The molecule has 2 heterocycles. The van der Waals surface area contributed by atoms with Crippen molar-refractivity contribution in [3.63, 3.8) is 0 Å². The lowest BCUT2D eigenvalue weighted by Crippen LogP contribution is -2.25. The number of amidine groups is 1. The number of thioether (sulfide) groups is 1. The molecule has 1 aliphatic rings. The van der Waals surface area contributed by atoms with Gasteiger partial charge in [-0.25, -0.2) is 4.99 Å². The van der Waals surface area contributed by atoms with E-state index < -0.39 is 0 Å². The number of hydrazone groups is 1. The van der Waals surface area contributed by atoms with E-state index in [2.05, 4.69) is 45.6 Å². The SMILES string of the molecule is COc1ccc(N=C2NN=C(c3c(C)[nH]c4ccccc34)CS2)cc1.Cl. The fourth-order valence-corrected chi connectivity index (χ4v) is 3.69. The van der Waals surface area contributed by atoms with Gasteiger partial charge >= 0.3 is 0 Å². The lowest BCUT2D eigenvalue weighted by atomic mass is 10.1. The van der Waals surface area contributed by atoms with E-state index in [1.165, 1.54) is 10.9 Å². The van der Waals surface area contributed by atoms with Gasteiger partial charge in [-0.3, -0.25) is 5.43 Å². The molecule has 2 N–H and O–H groups in total. The van der Waals surface area contributed by atoms with Crippen molar-refractivity contribution in [1.82, 2.24) is 10.4 Å². The summed E-state index contributed by atoms with van der Waals surface area (Å²) < 4.78 is 5.17. The van der Waals surface area contributed by atoms with Gasteiger partial charge in [0, 0.05) is 27.9 Å². The van der Waals surface area contributed by atoms with E-state index in [-0.39, 0.29) is 12.4 Å². The van der Waals surface area contributed by atoms with Crippen LogP contribution in [0.3, 0.4) is 0 Å². The Balaban J connectivity index is 0.00000196. The molecule has 0 spiro atoms. The molecule has 1 aliphatic heterocycles. The Kier molecular flexibility index (Phi) is 5.54. The number of benzene rings is 2. The molecule has 0 fully saturated rings. The highest BCUT2D eigenvalue weighted by atomic mass is 35.5. The molecule has 4 rings (SSSR count). The van der Waals surface area contributed by atoms with Gasteiger partial charge in [-0.2, -0.15) is 5.10 Å². The second kappa shape index (κ2) is 7.85. The van der Waals surface area contributed by atoms with Crippen LogP contribution in [0.15, 0.2) is 58.6 Å². The smallest absolute Gasteiger partial charge is 0.182 e. The molecule has 1 aromatic heterocycles. The number of nitrogens with zero attached hydrogens (tertiary/aromatic N) is 2. The molecule has 0 radical (unpaired) electrons. The molecule has 5 nitrogen and oxygen atoms in total. The average Bonchev–Trinajstić information content (AvgIpc) is 2.99. The summed E-state index contributed by atoms with van der Waals surface area (Å²) in [5.41, 5.74) is 8.45.